The lowest BCUT2D eigenvalue weighted by Gasteiger charge is -2.48. The SMILES string of the molecule is COC1C(C)[C@H]2OC(c3ccccc3)OCC2O[C@@H]1Sc1cc(Cl)cnc1Br. The van der Waals surface area contributed by atoms with Crippen LogP contribution >= 0.6 is 39.3 Å². The summed E-state index contributed by atoms with van der Waals surface area (Å²) in [5.74, 6) is 0.127. The van der Waals surface area contributed by atoms with Gasteiger partial charge < -0.3 is 18.9 Å². The van der Waals surface area contributed by atoms with Gasteiger partial charge in [0.05, 0.1) is 23.8 Å². The van der Waals surface area contributed by atoms with Crippen LogP contribution in [-0.2, 0) is 18.9 Å². The van der Waals surface area contributed by atoms with Crippen LogP contribution in [-0.4, -0.2) is 42.4 Å². The molecule has 8 heteroatoms. The van der Waals surface area contributed by atoms with E-state index in [0.717, 1.165) is 15.1 Å². The maximum Gasteiger partial charge on any atom is 0.184 e. The van der Waals surface area contributed by atoms with Crippen LogP contribution in [0.5, 0.6) is 0 Å². The molecule has 2 saturated heterocycles. The van der Waals surface area contributed by atoms with Gasteiger partial charge in [-0.2, -0.15) is 0 Å². The molecular formula is C20H21BrClNO4S. The van der Waals surface area contributed by atoms with Crippen LogP contribution in [0.3, 0.4) is 0 Å². The van der Waals surface area contributed by atoms with E-state index >= 15 is 0 Å². The lowest BCUT2D eigenvalue weighted by molar-refractivity contribution is -0.309. The van der Waals surface area contributed by atoms with Gasteiger partial charge in [-0.1, -0.05) is 60.6 Å². The van der Waals surface area contributed by atoms with Crippen molar-refractivity contribution < 1.29 is 18.9 Å². The third kappa shape index (κ3) is 4.26. The zero-order valence-corrected chi connectivity index (χ0v) is 18.6. The Labute approximate surface area is 182 Å². The number of hydrogen-bond donors (Lipinski definition) is 0. The summed E-state index contributed by atoms with van der Waals surface area (Å²) in [6.07, 6.45) is 0.802. The molecule has 0 radical (unpaired) electrons. The first-order valence-electron chi connectivity index (χ1n) is 9.05. The van der Waals surface area contributed by atoms with Crippen molar-refractivity contribution in [2.24, 2.45) is 5.92 Å². The average molecular weight is 487 g/mol. The highest BCUT2D eigenvalue weighted by molar-refractivity contribution is 9.10. The molecule has 0 saturated carbocycles. The number of pyridine rings is 1. The predicted molar refractivity (Wildman–Crippen MR) is 111 cm³/mol. The molecule has 28 heavy (non-hydrogen) atoms. The zero-order chi connectivity index (χ0) is 19.7. The van der Waals surface area contributed by atoms with Crippen LogP contribution in [0.4, 0.5) is 0 Å². The molecule has 0 aliphatic carbocycles. The second-order valence-electron chi connectivity index (χ2n) is 6.84. The van der Waals surface area contributed by atoms with Crippen LogP contribution in [0.1, 0.15) is 18.8 Å². The molecule has 5 nitrogen and oxygen atoms in total. The van der Waals surface area contributed by atoms with Gasteiger partial charge in [-0.05, 0) is 22.0 Å². The molecule has 3 heterocycles. The molecule has 0 spiro atoms. The normalized spacial score (nSPS) is 32.7. The second kappa shape index (κ2) is 9.00. The van der Waals surface area contributed by atoms with Gasteiger partial charge in [0.2, 0.25) is 0 Å². The third-order valence-corrected chi connectivity index (χ3v) is 7.31. The maximum atomic E-state index is 6.34. The summed E-state index contributed by atoms with van der Waals surface area (Å²) in [6.45, 7) is 2.61. The fourth-order valence-corrected chi connectivity index (χ4v) is 5.63. The lowest BCUT2D eigenvalue weighted by Crippen LogP contribution is -2.57. The van der Waals surface area contributed by atoms with E-state index < -0.39 is 0 Å². The minimum Gasteiger partial charge on any atom is -0.377 e. The fourth-order valence-electron chi connectivity index (χ4n) is 3.63. The molecule has 1 aromatic carbocycles. The number of methoxy groups -OCH3 is 1. The highest BCUT2D eigenvalue weighted by Gasteiger charge is 2.48. The van der Waals surface area contributed by atoms with Crippen molar-refractivity contribution in [1.82, 2.24) is 4.98 Å². The molecule has 150 valence electrons. The van der Waals surface area contributed by atoms with Gasteiger partial charge in [0.1, 0.15) is 16.1 Å². The summed E-state index contributed by atoms with van der Waals surface area (Å²) >= 11 is 11.1. The van der Waals surface area contributed by atoms with Crippen molar-refractivity contribution in [2.75, 3.05) is 13.7 Å². The Morgan fingerprint density at radius 1 is 1.25 bits per heavy atom. The minimum absolute atomic E-state index is 0.110. The number of aromatic nitrogens is 1. The van der Waals surface area contributed by atoms with Gasteiger partial charge in [0.15, 0.2) is 6.29 Å². The molecule has 0 bridgehead atoms. The Balaban J connectivity index is 1.51. The summed E-state index contributed by atoms with van der Waals surface area (Å²) in [5.41, 5.74) is 0.783. The van der Waals surface area contributed by atoms with Crippen molar-refractivity contribution in [3.63, 3.8) is 0 Å². The molecule has 6 atom stereocenters. The first-order valence-corrected chi connectivity index (χ1v) is 11.1. The smallest absolute Gasteiger partial charge is 0.184 e. The Hall–Kier alpha value is -0.670. The van der Waals surface area contributed by atoms with Crippen molar-refractivity contribution in [3.8, 4) is 0 Å². The second-order valence-corrected chi connectivity index (χ2v) is 9.17. The Morgan fingerprint density at radius 3 is 2.79 bits per heavy atom. The summed E-state index contributed by atoms with van der Waals surface area (Å²) in [5, 5.41) is 0.580. The number of halogens is 2. The highest BCUT2D eigenvalue weighted by Crippen LogP contribution is 2.43. The Kier molecular flexibility index (Phi) is 6.62. The molecule has 0 N–H and O–H groups in total. The van der Waals surface area contributed by atoms with Gasteiger partial charge in [-0.25, -0.2) is 4.98 Å². The Morgan fingerprint density at radius 2 is 2.04 bits per heavy atom. The fraction of sp³-hybridized carbons (Fsp3) is 0.450. The summed E-state index contributed by atoms with van der Waals surface area (Å²) < 4.78 is 25.1. The minimum atomic E-state index is -0.388. The first kappa shape index (κ1) is 20.6. The standard InChI is InChI=1S/C20H21BrClNO4S/c1-11-16-14(10-25-19(27-16)12-6-4-3-5-7-12)26-20(17(11)24-2)28-15-8-13(22)9-23-18(15)21/h3-9,11,14,16-17,19-20H,10H2,1-2H3/t11?,14?,16-,17?,19?,20-/m1/s1. The third-order valence-electron chi connectivity index (χ3n) is 5.03. The van der Waals surface area contributed by atoms with Crippen LogP contribution in [0.15, 0.2) is 52.1 Å². The molecule has 4 rings (SSSR count). The molecule has 0 amide bonds. The van der Waals surface area contributed by atoms with Crippen LogP contribution < -0.4 is 0 Å². The van der Waals surface area contributed by atoms with E-state index in [4.69, 9.17) is 30.5 Å². The molecule has 2 aliphatic rings. The number of hydrogen-bond acceptors (Lipinski definition) is 6. The summed E-state index contributed by atoms with van der Waals surface area (Å²) in [7, 11) is 1.71. The first-order chi connectivity index (χ1) is 13.6. The number of nitrogens with zero attached hydrogens (tertiary/aromatic N) is 1. The molecule has 2 aliphatic heterocycles. The number of fused-ring (bicyclic) bond motifs is 1. The van der Waals surface area contributed by atoms with Gasteiger partial charge in [-0.3, -0.25) is 0 Å². The van der Waals surface area contributed by atoms with Crippen LogP contribution in [0.2, 0.25) is 5.02 Å². The van der Waals surface area contributed by atoms with Crippen molar-refractivity contribution >= 4 is 39.3 Å². The van der Waals surface area contributed by atoms with Crippen LogP contribution in [0.25, 0.3) is 0 Å². The topological polar surface area (TPSA) is 49.8 Å². The van der Waals surface area contributed by atoms with Crippen molar-refractivity contribution in [1.29, 1.82) is 0 Å². The van der Waals surface area contributed by atoms with Crippen molar-refractivity contribution in [3.05, 3.63) is 57.8 Å². The van der Waals surface area contributed by atoms with E-state index in [1.807, 2.05) is 36.4 Å². The molecule has 2 fully saturated rings. The zero-order valence-electron chi connectivity index (χ0n) is 15.5. The maximum absolute atomic E-state index is 6.34. The van der Waals surface area contributed by atoms with Gasteiger partial charge in [-0.15, -0.1) is 0 Å². The quantitative estimate of drug-likeness (QED) is 0.562. The number of benzene rings is 1. The predicted octanol–water partition coefficient (Wildman–Crippen LogP) is 5.08. The number of rotatable bonds is 4. The number of thioether (sulfide) groups is 1. The van der Waals surface area contributed by atoms with E-state index in [1.54, 1.807) is 25.1 Å². The molecule has 1 aromatic heterocycles. The summed E-state index contributed by atoms with van der Waals surface area (Å²) in [4.78, 5) is 5.16. The summed E-state index contributed by atoms with van der Waals surface area (Å²) in [6, 6.07) is 11.8. The van der Waals surface area contributed by atoms with E-state index in [2.05, 4.69) is 27.8 Å². The average Bonchev–Trinajstić information content (AvgIpc) is 2.71. The lowest BCUT2D eigenvalue weighted by atomic mass is 9.90. The van der Waals surface area contributed by atoms with Gasteiger partial charge in [0, 0.05) is 29.7 Å². The largest absolute Gasteiger partial charge is 0.377 e. The van der Waals surface area contributed by atoms with Gasteiger partial charge >= 0.3 is 0 Å². The van der Waals surface area contributed by atoms with E-state index in [-0.39, 0.29) is 36.0 Å². The van der Waals surface area contributed by atoms with E-state index in [0.29, 0.717) is 11.6 Å². The number of ether oxygens (including phenoxy) is 4. The molecular weight excluding hydrogens is 466 g/mol. The van der Waals surface area contributed by atoms with Crippen molar-refractivity contribution in [2.45, 2.75) is 41.9 Å². The van der Waals surface area contributed by atoms with Crippen LogP contribution in [0, 0.1) is 5.92 Å². The molecule has 2 aromatic rings. The Bertz CT molecular complexity index is 814. The van der Waals surface area contributed by atoms with Gasteiger partial charge in [0.25, 0.3) is 0 Å². The van der Waals surface area contributed by atoms with E-state index in [1.165, 1.54) is 0 Å². The highest BCUT2D eigenvalue weighted by atomic mass is 79.9. The van der Waals surface area contributed by atoms with E-state index in [9.17, 15) is 0 Å². The monoisotopic (exact) mass is 485 g/mol. The molecule has 4 unspecified atom stereocenters.